The summed E-state index contributed by atoms with van der Waals surface area (Å²) >= 11 is 0. The number of esters is 1. The second kappa shape index (κ2) is 9.28. The Morgan fingerprint density at radius 2 is 1.65 bits per heavy atom. The highest BCUT2D eigenvalue weighted by atomic mass is 19.2. The minimum atomic E-state index is -2.33. The smallest absolute Gasteiger partial charge is 0.344 e. The maximum Gasteiger partial charge on any atom is 0.344 e. The molecule has 1 unspecified atom stereocenters. The van der Waals surface area contributed by atoms with Crippen LogP contribution in [0.5, 0.6) is 5.75 Å². The fourth-order valence-electron chi connectivity index (χ4n) is 3.50. The first-order valence-corrected chi connectivity index (χ1v) is 9.96. The third kappa shape index (κ3) is 4.95. The van der Waals surface area contributed by atoms with Crippen molar-refractivity contribution in [1.82, 2.24) is 0 Å². The maximum absolute atomic E-state index is 14.2. The Morgan fingerprint density at radius 1 is 1.06 bits per heavy atom. The number of hydrogen-bond donors (Lipinski definition) is 0. The number of fused-ring (bicyclic) bond motifs is 1. The number of ether oxygens (including phenoxy) is 2. The molecule has 3 rings (SSSR count). The first-order valence-electron chi connectivity index (χ1n) is 9.96. The molecule has 34 heavy (non-hydrogen) atoms. The highest BCUT2D eigenvalue weighted by Crippen LogP contribution is 2.32. The molecular formula is C24H19F5O5. The van der Waals surface area contributed by atoms with E-state index in [4.69, 9.17) is 13.9 Å². The number of hydrogen-bond acceptors (Lipinski definition) is 5. The minimum absolute atomic E-state index is 0.0420. The first-order chi connectivity index (χ1) is 15.8. The van der Waals surface area contributed by atoms with E-state index >= 15 is 0 Å². The molecular weight excluding hydrogens is 463 g/mol. The van der Waals surface area contributed by atoms with Gasteiger partial charge in [0.2, 0.25) is 5.82 Å². The number of rotatable bonds is 7. The van der Waals surface area contributed by atoms with Crippen molar-refractivity contribution in [3.8, 4) is 16.9 Å². The van der Waals surface area contributed by atoms with Crippen molar-refractivity contribution in [2.45, 2.75) is 38.9 Å². The molecule has 0 aliphatic rings. The molecule has 5 nitrogen and oxygen atoms in total. The van der Waals surface area contributed by atoms with E-state index in [2.05, 4.69) is 6.58 Å². The van der Waals surface area contributed by atoms with Gasteiger partial charge in [-0.3, -0.25) is 0 Å². The van der Waals surface area contributed by atoms with Crippen molar-refractivity contribution in [3.63, 3.8) is 0 Å². The van der Waals surface area contributed by atoms with Crippen LogP contribution in [-0.2, 0) is 9.53 Å². The molecule has 0 fully saturated rings. The SMILES string of the molecule is C=CC(=O)OC(C)(C)CC(C)Oc1ccc2cc(-c3c(F)c(F)c(F)c(F)c3F)c(=O)oc2c1. The van der Waals surface area contributed by atoms with Gasteiger partial charge in [-0.2, -0.15) is 0 Å². The number of carbonyl (C=O) groups excluding carboxylic acids is 1. The molecule has 2 aromatic carbocycles. The molecule has 0 aliphatic carbocycles. The zero-order chi connectivity index (χ0) is 25.4. The summed E-state index contributed by atoms with van der Waals surface area (Å²) in [5.74, 6) is -11.3. The van der Waals surface area contributed by atoms with Crippen molar-refractivity contribution in [3.05, 3.63) is 76.4 Å². The predicted molar refractivity (Wildman–Crippen MR) is 113 cm³/mol. The molecule has 1 aromatic heterocycles. The summed E-state index contributed by atoms with van der Waals surface area (Å²) in [5, 5.41) is 0.152. The van der Waals surface area contributed by atoms with Gasteiger partial charge in [0.1, 0.15) is 16.9 Å². The fraction of sp³-hybridized carbons (Fsp3) is 0.250. The molecule has 0 aliphatic heterocycles. The summed E-state index contributed by atoms with van der Waals surface area (Å²) in [7, 11) is 0. The van der Waals surface area contributed by atoms with Crippen molar-refractivity contribution in [1.29, 1.82) is 0 Å². The normalized spacial score (nSPS) is 12.5. The van der Waals surface area contributed by atoms with Crippen molar-refractivity contribution >= 4 is 16.9 Å². The van der Waals surface area contributed by atoms with Gasteiger partial charge in [-0.1, -0.05) is 6.58 Å². The van der Waals surface area contributed by atoms with Gasteiger partial charge in [0, 0.05) is 23.9 Å². The van der Waals surface area contributed by atoms with Gasteiger partial charge in [0.05, 0.1) is 17.2 Å². The van der Waals surface area contributed by atoms with Crippen LogP contribution < -0.4 is 10.4 Å². The number of carbonyl (C=O) groups is 1. The van der Waals surface area contributed by atoms with Crippen LogP contribution in [0.3, 0.4) is 0 Å². The largest absolute Gasteiger partial charge is 0.490 e. The third-order valence-electron chi connectivity index (χ3n) is 4.85. The van der Waals surface area contributed by atoms with Gasteiger partial charge in [0.25, 0.3) is 0 Å². The molecule has 0 saturated heterocycles. The average molecular weight is 482 g/mol. The molecule has 0 radical (unpaired) electrons. The lowest BCUT2D eigenvalue weighted by atomic mass is 10.0. The summed E-state index contributed by atoms with van der Waals surface area (Å²) in [6.45, 7) is 8.43. The Morgan fingerprint density at radius 3 is 2.24 bits per heavy atom. The summed E-state index contributed by atoms with van der Waals surface area (Å²) < 4.78 is 84.9. The van der Waals surface area contributed by atoms with Crippen LogP contribution in [-0.4, -0.2) is 17.7 Å². The molecule has 0 spiro atoms. The average Bonchev–Trinajstić information content (AvgIpc) is 2.75. The topological polar surface area (TPSA) is 65.7 Å². The van der Waals surface area contributed by atoms with Crippen molar-refractivity contribution in [2.75, 3.05) is 0 Å². The Hall–Kier alpha value is -3.69. The Bertz CT molecular complexity index is 1320. The standard InChI is InChI=1S/C24H19F5O5/c1-5-16(30)34-24(3,4)10-11(2)32-13-7-6-12-8-14(23(31)33-15(12)9-13)17-18(25)20(27)22(29)21(28)19(17)26/h5-9,11H,1,10H2,2-4H3. The number of benzene rings is 2. The summed E-state index contributed by atoms with van der Waals surface area (Å²) in [6, 6.07) is 5.14. The zero-order valence-electron chi connectivity index (χ0n) is 18.3. The van der Waals surface area contributed by atoms with E-state index in [0.717, 1.165) is 12.1 Å². The number of halogens is 5. The minimum Gasteiger partial charge on any atom is -0.490 e. The molecule has 180 valence electrons. The summed E-state index contributed by atoms with van der Waals surface area (Å²) in [6.07, 6.45) is 0.886. The Balaban J connectivity index is 1.93. The van der Waals surface area contributed by atoms with Crippen LogP contribution >= 0.6 is 0 Å². The van der Waals surface area contributed by atoms with E-state index in [1.165, 1.54) is 18.2 Å². The monoisotopic (exact) mass is 482 g/mol. The van der Waals surface area contributed by atoms with Gasteiger partial charge in [-0.05, 0) is 39.0 Å². The van der Waals surface area contributed by atoms with Gasteiger partial charge in [0.15, 0.2) is 23.3 Å². The van der Waals surface area contributed by atoms with Crippen LogP contribution in [0, 0.1) is 29.1 Å². The quantitative estimate of drug-likeness (QED) is 0.106. The van der Waals surface area contributed by atoms with Crippen LogP contribution in [0.4, 0.5) is 22.0 Å². The maximum atomic E-state index is 14.2. The Kier molecular flexibility index (Phi) is 6.81. The van der Waals surface area contributed by atoms with E-state index < -0.39 is 63.5 Å². The molecule has 10 heteroatoms. The van der Waals surface area contributed by atoms with Crippen molar-refractivity contribution < 1.29 is 40.6 Å². The highest BCUT2D eigenvalue weighted by Gasteiger charge is 2.29. The molecule has 0 saturated carbocycles. The van der Waals surface area contributed by atoms with E-state index in [9.17, 15) is 31.5 Å². The zero-order valence-corrected chi connectivity index (χ0v) is 18.3. The third-order valence-corrected chi connectivity index (χ3v) is 4.85. The fourth-order valence-corrected chi connectivity index (χ4v) is 3.50. The lowest BCUT2D eigenvalue weighted by Gasteiger charge is -2.28. The van der Waals surface area contributed by atoms with E-state index in [1.807, 2.05) is 0 Å². The molecule has 0 bridgehead atoms. The molecule has 0 amide bonds. The molecule has 1 atom stereocenters. The van der Waals surface area contributed by atoms with Crippen LogP contribution in [0.2, 0.25) is 0 Å². The lowest BCUT2D eigenvalue weighted by molar-refractivity contribution is -0.152. The van der Waals surface area contributed by atoms with E-state index in [0.29, 0.717) is 6.42 Å². The van der Waals surface area contributed by atoms with Crippen LogP contribution in [0.1, 0.15) is 27.2 Å². The Labute approximate surface area is 190 Å². The second-order valence-electron chi connectivity index (χ2n) is 8.11. The first kappa shape index (κ1) is 24.9. The predicted octanol–water partition coefficient (Wildman–Crippen LogP) is 5.82. The van der Waals surface area contributed by atoms with Gasteiger partial charge in [-0.15, -0.1) is 0 Å². The summed E-state index contributed by atoms with van der Waals surface area (Å²) in [5.41, 5.74) is -4.42. The highest BCUT2D eigenvalue weighted by molar-refractivity contribution is 5.83. The van der Waals surface area contributed by atoms with E-state index in [1.54, 1.807) is 20.8 Å². The van der Waals surface area contributed by atoms with Crippen LogP contribution in [0.25, 0.3) is 22.1 Å². The molecule has 0 N–H and O–H groups in total. The van der Waals surface area contributed by atoms with Crippen LogP contribution in [0.15, 0.2) is 46.1 Å². The van der Waals surface area contributed by atoms with Crippen molar-refractivity contribution in [2.24, 2.45) is 0 Å². The molecule has 1 heterocycles. The molecule has 3 aromatic rings. The second-order valence-corrected chi connectivity index (χ2v) is 8.11. The lowest BCUT2D eigenvalue weighted by Crippen LogP contribution is -2.33. The van der Waals surface area contributed by atoms with E-state index in [-0.39, 0.29) is 16.7 Å². The van der Waals surface area contributed by atoms with Gasteiger partial charge in [-0.25, -0.2) is 31.5 Å². The van der Waals surface area contributed by atoms with Gasteiger partial charge < -0.3 is 13.9 Å². The summed E-state index contributed by atoms with van der Waals surface area (Å²) in [4.78, 5) is 23.8. The van der Waals surface area contributed by atoms with Gasteiger partial charge >= 0.3 is 11.6 Å².